The summed E-state index contributed by atoms with van der Waals surface area (Å²) in [6, 6.07) is 14.5. The van der Waals surface area contributed by atoms with Crippen LogP contribution in [0, 0.1) is 6.92 Å². The van der Waals surface area contributed by atoms with Crippen LogP contribution in [-0.4, -0.2) is 46.7 Å². The van der Waals surface area contributed by atoms with Crippen LogP contribution in [0.3, 0.4) is 0 Å². The zero-order valence-corrected chi connectivity index (χ0v) is 16.3. The Balaban J connectivity index is 1.24. The van der Waals surface area contributed by atoms with Gasteiger partial charge in [-0.25, -0.2) is 0 Å². The molecule has 5 heteroatoms. The summed E-state index contributed by atoms with van der Waals surface area (Å²) in [6.07, 6.45) is 1.50. The molecule has 2 fully saturated rings. The van der Waals surface area contributed by atoms with E-state index in [4.69, 9.17) is 9.47 Å². The standard InChI is InChI=1S/C21H26N2O2S/c1-16-5-3-7-18(22-16)12-25-20-10-21(26-13-20)14-23(15-21)11-17-6-4-8-19(9-17)24-2/h3-9,20H,10-15H2,1-2H3. The van der Waals surface area contributed by atoms with Gasteiger partial charge in [-0.05, 0) is 43.2 Å². The van der Waals surface area contributed by atoms with E-state index in [1.807, 2.05) is 31.2 Å². The Morgan fingerprint density at radius 2 is 2.08 bits per heavy atom. The van der Waals surface area contributed by atoms with Gasteiger partial charge in [-0.3, -0.25) is 9.88 Å². The minimum Gasteiger partial charge on any atom is -0.497 e. The van der Waals surface area contributed by atoms with E-state index < -0.39 is 0 Å². The quantitative estimate of drug-likeness (QED) is 0.775. The fourth-order valence-corrected chi connectivity index (χ4v) is 5.53. The fourth-order valence-electron chi connectivity index (χ4n) is 3.92. The molecular formula is C21H26N2O2S. The van der Waals surface area contributed by atoms with Crippen LogP contribution >= 0.6 is 11.8 Å². The molecule has 1 aromatic heterocycles. The maximum atomic E-state index is 6.14. The summed E-state index contributed by atoms with van der Waals surface area (Å²) in [5.41, 5.74) is 3.40. The first-order valence-electron chi connectivity index (χ1n) is 9.18. The Kier molecular flexibility index (Phi) is 5.20. The summed E-state index contributed by atoms with van der Waals surface area (Å²) in [5, 5.41) is 0. The van der Waals surface area contributed by atoms with Crippen LogP contribution in [0.15, 0.2) is 42.5 Å². The summed E-state index contributed by atoms with van der Waals surface area (Å²) in [4.78, 5) is 7.05. The highest BCUT2D eigenvalue weighted by molar-refractivity contribution is 8.01. The predicted octanol–water partition coefficient (Wildman–Crippen LogP) is 3.68. The van der Waals surface area contributed by atoms with Crippen molar-refractivity contribution in [2.24, 2.45) is 0 Å². The van der Waals surface area contributed by atoms with Crippen molar-refractivity contribution in [1.82, 2.24) is 9.88 Å². The van der Waals surface area contributed by atoms with E-state index in [2.05, 4.69) is 39.8 Å². The number of likely N-dealkylation sites (tertiary alicyclic amines) is 1. The van der Waals surface area contributed by atoms with Crippen molar-refractivity contribution in [3.05, 3.63) is 59.4 Å². The molecule has 0 saturated carbocycles. The summed E-state index contributed by atoms with van der Waals surface area (Å²) >= 11 is 2.09. The third kappa shape index (κ3) is 4.05. The lowest BCUT2D eigenvalue weighted by molar-refractivity contribution is 0.0250. The molecule has 3 heterocycles. The van der Waals surface area contributed by atoms with Gasteiger partial charge >= 0.3 is 0 Å². The van der Waals surface area contributed by atoms with Crippen LogP contribution in [0.25, 0.3) is 0 Å². The Labute approximate surface area is 159 Å². The third-order valence-electron chi connectivity index (χ3n) is 5.15. The Bertz CT molecular complexity index is 761. The Hall–Kier alpha value is -1.56. The molecule has 2 aliphatic heterocycles. The van der Waals surface area contributed by atoms with Gasteiger partial charge in [0, 0.05) is 35.8 Å². The summed E-state index contributed by atoms with van der Waals surface area (Å²) in [6.45, 7) is 5.94. The molecule has 2 aromatic rings. The number of aromatic nitrogens is 1. The molecule has 0 amide bonds. The molecule has 1 spiro atoms. The molecule has 0 bridgehead atoms. The highest BCUT2D eigenvalue weighted by Crippen LogP contribution is 2.46. The van der Waals surface area contributed by atoms with Gasteiger partial charge in [-0.2, -0.15) is 0 Å². The topological polar surface area (TPSA) is 34.6 Å². The van der Waals surface area contributed by atoms with Crippen LogP contribution in [-0.2, 0) is 17.9 Å². The minimum atomic E-state index is 0.348. The molecule has 1 aromatic carbocycles. The predicted molar refractivity (Wildman–Crippen MR) is 106 cm³/mol. The second-order valence-electron chi connectivity index (χ2n) is 7.40. The number of ether oxygens (including phenoxy) is 2. The summed E-state index contributed by atoms with van der Waals surface area (Å²) in [7, 11) is 1.72. The van der Waals surface area contributed by atoms with Gasteiger partial charge < -0.3 is 9.47 Å². The van der Waals surface area contributed by atoms with Gasteiger partial charge in [-0.15, -0.1) is 11.8 Å². The van der Waals surface area contributed by atoms with Crippen molar-refractivity contribution in [1.29, 1.82) is 0 Å². The number of rotatable bonds is 6. The van der Waals surface area contributed by atoms with Gasteiger partial charge in [-0.1, -0.05) is 18.2 Å². The van der Waals surface area contributed by atoms with Crippen molar-refractivity contribution in [3.8, 4) is 5.75 Å². The van der Waals surface area contributed by atoms with Gasteiger partial charge in [0.2, 0.25) is 0 Å². The summed E-state index contributed by atoms with van der Waals surface area (Å²) in [5.74, 6) is 2.03. The van der Waals surface area contributed by atoms with E-state index in [0.717, 1.165) is 48.9 Å². The molecule has 0 N–H and O–H groups in total. The molecule has 4 rings (SSSR count). The highest BCUT2D eigenvalue weighted by atomic mass is 32.2. The lowest BCUT2D eigenvalue weighted by atomic mass is 9.92. The minimum absolute atomic E-state index is 0.348. The Morgan fingerprint density at radius 1 is 1.23 bits per heavy atom. The van der Waals surface area contributed by atoms with E-state index >= 15 is 0 Å². The first kappa shape index (κ1) is 17.8. The van der Waals surface area contributed by atoms with Crippen molar-refractivity contribution in [3.63, 3.8) is 0 Å². The van der Waals surface area contributed by atoms with Crippen molar-refractivity contribution >= 4 is 11.8 Å². The maximum absolute atomic E-state index is 6.14. The zero-order valence-electron chi connectivity index (χ0n) is 15.5. The number of thioether (sulfide) groups is 1. The van der Waals surface area contributed by atoms with Gasteiger partial charge in [0.05, 0.1) is 25.5 Å². The fraction of sp³-hybridized carbons (Fsp3) is 0.476. The van der Waals surface area contributed by atoms with Gasteiger partial charge in [0.15, 0.2) is 0 Å². The summed E-state index contributed by atoms with van der Waals surface area (Å²) < 4.78 is 11.9. The first-order chi connectivity index (χ1) is 12.6. The average molecular weight is 371 g/mol. The van der Waals surface area contributed by atoms with E-state index in [1.165, 1.54) is 5.56 Å². The lowest BCUT2D eigenvalue weighted by Gasteiger charge is -2.47. The number of hydrogen-bond acceptors (Lipinski definition) is 5. The number of hydrogen-bond donors (Lipinski definition) is 0. The van der Waals surface area contributed by atoms with Crippen molar-refractivity contribution < 1.29 is 9.47 Å². The largest absolute Gasteiger partial charge is 0.497 e. The number of aryl methyl sites for hydroxylation is 1. The second-order valence-corrected chi connectivity index (χ2v) is 8.89. The molecule has 2 aliphatic rings. The number of methoxy groups -OCH3 is 1. The van der Waals surface area contributed by atoms with Crippen molar-refractivity contribution in [2.45, 2.75) is 37.3 Å². The van der Waals surface area contributed by atoms with Gasteiger partial charge in [0.25, 0.3) is 0 Å². The molecule has 4 nitrogen and oxygen atoms in total. The average Bonchev–Trinajstić information content (AvgIpc) is 3.04. The third-order valence-corrected chi connectivity index (χ3v) is 6.73. The van der Waals surface area contributed by atoms with E-state index in [9.17, 15) is 0 Å². The molecule has 1 unspecified atom stereocenters. The highest BCUT2D eigenvalue weighted by Gasteiger charge is 2.49. The smallest absolute Gasteiger partial charge is 0.119 e. The van der Waals surface area contributed by atoms with E-state index in [0.29, 0.717) is 17.5 Å². The zero-order chi connectivity index (χ0) is 18.0. The monoisotopic (exact) mass is 370 g/mol. The normalized spacial score (nSPS) is 21.7. The second kappa shape index (κ2) is 7.59. The number of benzene rings is 1. The molecule has 26 heavy (non-hydrogen) atoms. The SMILES string of the molecule is COc1cccc(CN2CC3(CC(OCc4cccc(C)n4)CS3)C2)c1. The number of nitrogens with zero attached hydrogens (tertiary/aromatic N) is 2. The Morgan fingerprint density at radius 3 is 2.88 bits per heavy atom. The van der Waals surface area contributed by atoms with Crippen molar-refractivity contribution in [2.75, 3.05) is 26.0 Å². The van der Waals surface area contributed by atoms with E-state index in [-0.39, 0.29) is 0 Å². The molecule has 0 radical (unpaired) electrons. The molecule has 138 valence electrons. The van der Waals surface area contributed by atoms with Crippen LogP contribution in [0.5, 0.6) is 5.75 Å². The number of pyridine rings is 1. The van der Waals surface area contributed by atoms with Crippen LogP contribution in [0.4, 0.5) is 0 Å². The van der Waals surface area contributed by atoms with Crippen LogP contribution in [0.1, 0.15) is 23.4 Å². The van der Waals surface area contributed by atoms with Crippen LogP contribution < -0.4 is 4.74 Å². The molecular weight excluding hydrogens is 344 g/mol. The first-order valence-corrected chi connectivity index (χ1v) is 10.2. The van der Waals surface area contributed by atoms with Gasteiger partial charge in [0.1, 0.15) is 5.75 Å². The molecule has 1 atom stereocenters. The van der Waals surface area contributed by atoms with E-state index in [1.54, 1.807) is 7.11 Å². The molecule has 0 aliphatic carbocycles. The van der Waals surface area contributed by atoms with Crippen LogP contribution in [0.2, 0.25) is 0 Å². The maximum Gasteiger partial charge on any atom is 0.119 e. The molecule has 2 saturated heterocycles. The lowest BCUT2D eigenvalue weighted by Crippen LogP contribution is -2.58.